The molecule has 30 heavy (non-hydrogen) atoms. The Morgan fingerprint density at radius 3 is 2.63 bits per heavy atom. The molecular formula is C22H21ClN2O5. The third-order valence-corrected chi connectivity index (χ3v) is 4.61. The Balaban J connectivity index is 1.59. The molecule has 7 nitrogen and oxygen atoms in total. The lowest BCUT2D eigenvalue weighted by atomic mass is 10.2. The lowest BCUT2D eigenvalue weighted by Crippen LogP contribution is -2.30. The molecule has 0 aliphatic rings. The van der Waals surface area contributed by atoms with Crippen molar-refractivity contribution in [2.24, 2.45) is 0 Å². The van der Waals surface area contributed by atoms with Crippen molar-refractivity contribution in [2.75, 3.05) is 5.32 Å². The Morgan fingerprint density at radius 1 is 1.17 bits per heavy atom. The highest BCUT2D eigenvalue weighted by Crippen LogP contribution is 2.20. The summed E-state index contributed by atoms with van der Waals surface area (Å²) in [7, 11) is 0. The first-order valence-corrected chi connectivity index (χ1v) is 9.63. The second-order valence-corrected chi connectivity index (χ2v) is 7.10. The molecule has 0 bridgehead atoms. The fourth-order valence-corrected chi connectivity index (χ4v) is 2.86. The normalized spacial score (nSPS) is 11.6. The van der Waals surface area contributed by atoms with Crippen molar-refractivity contribution in [1.82, 2.24) is 5.16 Å². The summed E-state index contributed by atoms with van der Waals surface area (Å²) in [6.07, 6.45) is -0.997. The summed E-state index contributed by atoms with van der Waals surface area (Å²) in [6.45, 7) is 5.40. The van der Waals surface area contributed by atoms with Gasteiger partial charge in [-0.2, -0.15) is 0 Å². The molecule has 1 aromatic heterocycles. The molecule has 1 amide bonds. The van der Waals surface area contributed by atoms with Gasteiger partial charge in [0.2, 0.25) is 0 Å². The van der Waals surface area contributed by atoms with Gasteiger partial charge in [0.15, 0.2) is 6.10 Å². The van der Waals surface area contributed by atoms with E-state index in [2.05, 4.69) is 10.5 Å². The molecule has 0 unspecified atom stereocenters. The van der Waals surface area contributed by atoms with Crippen LogP contribution in [0.15, 0.2) is 53.1 Å². The van der Waals surface area contributed by atoms with E-state index in [1.54, 1.807) is 48.5 Å². The predicted molar refractivity (Wildman–Crippen MR) is 112 cm³/mol. The van der Waals surface area contributed by atoms with Gasteiger partial charge in [-0.25, -0.2) is 4.79 Å². The lowest BCUT2D eigenvalue weighted by molar-refractivity contribution is -0.123. The summed E-state index contributed by atoms with van der Waals surface area (Å²) >= 11 is 5.91. The molecule has 156 valence electrons. The Bertz CT molecular complexity index is 1040. The second-order valence-electron chi connectivity index (χ2n) is 6.67. The summed E-state index contributed by atoms with van der Waals surface area (Å²) in [5.74, 6) is 0.0750. The van der Waals surface area contributed by atoms with E-state index in [-0.39, 0.29) is 12.2 Å². The van der Waals surface area contributed by atoms with Gasteiger partial charge in [-0.05, 0) is 57.2 Å². The maximum absolute atomic E-state index is 12.5. The second kappa shape index (κ2) is 9.45. The van der Waals surface area contributed by atoms with Crippen molar-refractivity contribution < 1.29 is 23.6 Å². The first-order valence-electron chi connectivity index (χ1n) is 9.25. The third kappa shape index (κ3) is 5.39. The van der Waals surface area contributed by atoms with E-state index in [1.807, 2.05) is 13.8 Å². The third-order valence-electron chi connectivity index (χ3n) is 4.38. The zero-order valence-corrected chi connectivity index (χ0v) is 17.5. The van der Waals surface area contributed by atoms with Crippen molar-refractivity contribution in [3.05, 3.63) is 76.1 Å². The molecule has 0 radical (unpaired) electrons. The van der Waals surface area contributed by atoms with E-state index < -0.39 is 18.0 Å². The van der Waals surface area contributed by atoms with Crippen LogP contribution in [0.1, 0.15) is 34.3 Å². The lowest BCUT2D eigenvalue weighted by Gasteiger charge is -2.14. The van der Waals surface area contributed by atoms with Crippen LogP contribution < -0.4 is 10.1 Å². The van der Waals surface area contributed by atoms with E-state index in [1.165, 1.54) is 6.92 Å². The number of nitrogens with zero attached hydrogens (tertiary/aromatic N) is 1. The molecule has 3 rings (SSSR count). The maximum atomic E-state index is 12.5. The molecular weight excluding hydrogens is 408 g/mol. The molecule has 1 heterocycles. The van der Waals surface area contributed by atoms with Crippen LogP contribution in [0.4, 0.5) is 5.69 Å². The summed E-state index contributed by atoms with van der Waals surface area (Å²) < 4.78 is 16.1. The van der Waals surface area contributed by atoms with E-state index >= 15 is 0 Å². The molecule has 1 N–H and O–H groups in total. The number of carbonyl (C=O) groups excluding carboxylic acids is 2. The van der Waals surface area contributed by atoms with Crippen LogP contribution in [-0.4, -0.2) is 23.1 Å². The van der Waals surface area contributed by atoms with Crippen LogP contribution in [-0.2, 0) is 16.1 Å². The number of carbonyl (C=O) groups is 2. The van der Waals surface area contributed by atoms with E-state index in [9.17, 15) is 9.59 Å². The van der Waals surface area contributed by atoms with Crippen LogP contribution in [0.5, 0.6) is 5.75 Å². The highest BCUT2D eigenvalue weighted by Gasteiger charge is 2.20. The van der Waals surface area contributed by atoms with Gasteiger partial charge in [0.05, 0.1) is 16.8 Å². The van der Waals surface area contributed by atoms with Crippen molar-refractivity contribution in [2.45, 2.75) is 33.5 Å². The number of amides is 1. The Morgan fingerprint density at radius 2 is 1.93 bits per heavy atom. The van der Waals surface area contributed by atoms with Crippen LogP contribution in [0.3, 0.4) is 0 Å². The largest absolute Gasteiger partial charge is 0.489 e. The van der Waals surface area contributed by atoms with Crippen LogP contribution in [0.2, 0.25) is 5.02 Å². The van der Waals surface area contributed by atoms with Gasteiger partial charge < -0.3 is 19.3 Å². The Labute approximate surface area is 178 Å². The molecule has 0 saturated carbocycles. The Hall–Kier alpha value is -3.32. The topological polar surface area (TPSA) is 90.7 Å². The molecule has 0 saturated heterocycles. The number of esters is 1. The molecule has 8 heteroatoms. The van der Waals surface area contributed by atoms with Crippen LogP contribution >= 0.6 is 11.6 Å². The average Bonchev–Trinajstić information content (AvgIpc) is 3.04. The predicted octanol–water partition coefficient (Wildman–Crippen LogP) is 4.71. The monoisotopic (exact) mass is 428 g/mol. The number of halogens is 1. The number of hydrogen-bond donors (Lipinski definition) is 1. The smallest absolute Gasteiger partial charge is 0.339 e. The Kier molecular flexibility index (Phi) is 6.74. The van der Waals surface area contributed by atoms with Gasteiger partial charge in [-0.15, -0.1) is 0 Å². The zero-order valence-electron chi connectivity index (χ0n) is 16.8. The van der Waals surface area contributed by atoms with Gasteiger partial charge in [-0.1, -0.05) is 28.9 Å². The summed E-state index contributed by atoms with van der Waals surface area (Å²) in [5.41, 5.74) is 2.40. The summed E-state index contributed by atoms with van der Waals surface area (Å²) in [4.78, 5) is 24.7. The maximum Gasteiger partial charge on any atom is 0.339 e. The van der Waals surface area contributed by atoms with E-state index in [0.717, 1.165) is 11.3 Å². The number of anilines is 1. The fourth-order valence-electron chi connectivity index (χ4n) is 2.67. The molecule has 1 atom stereocenters. The van der Waals surface area contributed by atoms with E-state index in [4.69, 9.17) is 25.6 Å². The molecule has 0 fully saturated rings. The molecule has 2 aromatic carbocycles. The molecule has 0 aliphatic heterocycles. The standard InChI is InChI=1S/C22H21ClN2O5/c1-13-20(14(2)30-25-13)12-28-19-9-4-6-16(10-19)22(27)29-15(3)21(26)24-18-8-5-7-17(23)11-18/h4-11,15H,12H2,1-3H3,(H,24,26)/t15-/m0/s1. The highest BCUT2D eigenvalue weighted by atomic mass is 35.5. The molecule has 0 aliphatic carbocycles. The van der Waals surface area contributed by atoms with Crippen molar-refractivity contribution in [3.63, 3.8) is 0 Å². The van der Waals surface area contributed by atoms with Crippen molar-refractivity contribution >= 4 is 29.2 Å². The number of rotatable bonds is 7. The number of nitrogens with one attached hydrogen (secondary N) is 1. The van der Waals surface area contributed by atoms with Gasteiger partial charge in [0.1, 0.15) is 18.1 Å². The van der Waals surface area contributed by atoms with Gasteiger partial charge in [-0.3, -0.25) is 4.79 Å². The van der Waals surface area contributed by atoms with Crippen LogP contribution in [0, 0.1) is 13.8 Å². The highest BCUT2D eigenvalue weighted by molar-refractivity contribution is 6.30. The zero-order chi connectivity index (χ0) is 21.7. The minimum Gasteiger partial charge on any atom is -0.489 e. The van der Waals surface area contributed by atoms with Crippen molar-refractivity contribution in [3.8, 4) is 5.75 Å². The SMILES string of the molecule is Cc1noc(C)c1COc1cccc(C(=O)O[C@@H](C)C(=O)Nc2cccc(Cl)c2)c1. The first kappa shape index (κ1) is 21.4. The molecule has 3 aromatic rings. The first-order chi connectivity index (χ1) is 14.3. The van der Waals surface area contributed by atoms with Gasteiger partial charge in [0, 0.05) is 10.7 Å². The number of ether oxygens (including phenoxy) is 2. The number of benzene rings is 2. The summed E-state index contributed by atoms with van der Waals surface area (Å²) in [6, 6.07) is 13.3. The average molecular weight is 429 g/mol. The van der Waals surface area contributed by atoms with Gasteiger partial charge in [0.25, 0.3) is 5.91 Å². The minimum absolute atomic E-state index is 0.262. The number of aryl methyl sites for hydroxylation is 2. The van der Waals surface area contributed by atoms with Crippen LogP contribution in [0.25, 0.3) is 0 Å². The minimum atomic E-state index is -0.997. The number of aromatic nitrogens is 1. The summed E-state index contributed by atoms with van der Waals surface area (Å²) in [5, 5.41) is 7.03. The van der Waals surface area contributed by atoms with Gasteiger partial charge >= 0.3 is 5.97 Å². The quantitative estimate of drug-likeness (QED) is 0.548. The molecule has 0 spiro atoms. The number of hydrogen-bond acceptors (Lipinski definition) is 6. The van der Waals surface area contributed by atoms with E-state index in [0.29, 0.717) is 22.2 Å². The van der Waals surface area contributed by atoms with Crippen molar-refractivity contribution in [1.29, 1.82) is 0 Å². The fraction of sp³-hybridized carbons (Fsp3) is 0.227.